The fourth-order valence-corrected chi connectivity index (χ4v) is 3.36. The van der Waals surface area contributed by atoms with Crippen LogP contribution in [0.5, 0.6) is 0 Å². The molecular formula is C21H19N5O6. The number of esters is 1. The highest BCUT2D eigenvalue weighted by atomic mass is 16.6. The van der Waals surface area contributed by atoms with Crippen molar-refractivity contribution >= 4 is 29.3 Å². The largest absolute Gasteiger partial charge is 0.452 e. The molecule has 0 spiro atoms. The summed E-state index contributed by atoms with van der Waals surface area (Å²) in [6, 6.07) is 13.0. The number of ether oxygens (including phenoxy) is 1. The van der Waals surface area contributed by atoms with Crippen molar-refractivity contribution in [1.29, 1.82) is 0 Å². The number of amides is 1. The van der Waals surface area contributed by atoms with Gasteiger partial charge in [-0.3, -0.25) is 20.2 Å². The van der Waals surface area contributed by atoms with Crippen molar-refractivity contribution in [3.63, 3.8) is 0 Å². The number of hydrogen-bond donors (Lipinski definition) is 1. The number of anilines is 2. The summed E-state index contributed by atoms with van der Waals surface area (Å²) in [6.07, 6.45) is 1.92. The van der Waals surface area contributed by atoms with E-state index in [9.17, 15) is 19.7 Å². The first-order chi connectivity index (χ1) is 15.5. The summed E-state index contributed by atoms with van der Waals surface area (Å²) >= 11 is 0. The topological polar surface area (TPSA) is 141 Å². The normalized spacial score (nSPS) is 13.1. The third-order valence-electron chi connectivity index (χ3n) is 4.88. The van der Waals surface area contributed by atoms with Crippen molar-refractivity contribution in [2.45, 2.75) is 12.8 Å². The number of carbonyl (C=O) groups excluding carboxylic acids is 2. The van der Waals surface area contributed by atoms with E-state index in [-0.39, 0.29) is 23.2 Å². The van der Waals surface area contributed by atoms with Crippen LogP contribution in [0.25, 0.3) is 11.5 Å². The lowest BCUT2D eigenvalue weighted by Crippen LogP contribution is -2.22. The predicted molar refractivity (Wildman–Crippen MR) is 113 cm³/mol. The van der Waals surface area contributed by atoms with Gasteiger partial charge < -0.3 is 14.1 Å². The van der Waals surface area contributed by atoms with Gasteiger partial charge in [-0.2, -0.15) is 0 Å². The molecule has 1 aromatic heterocycles. The van der Waals surface area contributed by atoms with Gasteiger partial charge >= 0.3 is 12.0 Å². The van der Waals surface area contributed by atoms with Crippen LogP contribution in [0.1, 0.15) is 23.2 Å². The van der Waals surface area contributed by atoms with Crippen molar-refractivity contribution in [2.24, 2.45) is 0 Å². The highest BCUT2D eigenvalue weighted by Crippen LogP contribution is 2.31. The predicted octanol–water partition coefficient (Wildman–Crippen LogP) is 3.04. The molecule has 0 unspecified atom stereocenters. The van der Waals surface area contributed by atoms with E-state index in [1.54, 1.807) is 24.3 Å². The van der Waals surface area contributed by atoms with Crippen LogP contribution < -0.4 is 10.2 Å². The highest BCUT2D eigenvalue weighted by Gasteiger charge is 2.24. The summed E-state index contributed by atoms with van der Waals surface area (Å²) in [7, 11) is 0. The summed E-state index contributed by atoms with van der Waals surface area (Å²) < 4.78 is 10.3. The minimum atomic E-state index is -0.855. The first-order valence-electron chi connectivity index (χ1n) is 9.90. The van der Waals surface area contributed by atoms with E-state index in [2.05, 4.69) is 15.5 Å². The van der Waals surface area contributed by atoms with Crippen LogP contribution >= 0.6 is 0 Å². The van der Waals surface area contributed by atoms with Gasteiger partial charge in [-0.05, 0) is 37.1 Å². The number of nitrogens with one attached hydrogen (secondary N) is 1. The maximum atomic E-state index is 12.3. The number of rotatable bonds is 7. The lowest BCUT2D eigenvalue weighted by molar-refractivity contribution is -0.384. The number of benzene rings is 2. The molecule has 1 amide bonds. The van der Waals surface area contributed by atoms with Crippen molar-refractivity contribution in [3.05, 3.63) is 64.2 Å². The maximum absolute atomic E-state index is 12.3. The Morgan fingerprint density at radius 2 is 1.88 bits per heavy atom. The van der Waals surface area contributed by atoms with Crippen LogP contribution in [0.2, 0.25) is 0 Å². The van der Waals surface area contributed by atoms with Gasteiger partial charge in [-0.1, -0.05) is 23.3 Å². The molecule has 0 atom stereocenters. The molecule has 0 bridgehead atoms. The lowest BCUT2D eigenvalue weighted by atomic mass is 10.1. The van der Waals surface area contributed by atoms with Gasteiger partial charge in [0.15, 0.2) is 6.61 Å². The molecular weight excluding hydrogens is 418 g/mol. The van der Waals surface area contributed by atoms with Crippen LogP contribution in [-0.4, -0.2) is 46.7 Å². The van der Waals surface area contributed by atoms with Crippen molar-refractivity contribution in [3.8, 4) is 11.5 Å². The van der Waals surface area contributed by atoms with Crippen LogP contribution in [-0.2, 0) is 9.53 Å². The fourth-order valence-electron chi connectivity index (χ4n) is 3.36. The molecule has 1 aliphatic heterocycles. The Labute approximate surface area is 182 Å². The minimum absolute atomic E-state index is 0.0170. The van der Waals surface area contributed by atoms with E-state index in [0.29, 0.717) is 11.3 Å². The standard InChI is InChI=1S/C21H19N5O6/c27-18(22-21-24-23-19(32-21)14-6-2-1-3-7-14)13-31-20(28)15-8-9-16(17(12-15)26(29)30)25-10-4-5-11-25/h1-3,6-9,12H,4-5,10-11,13H2,(H,22,24,27). The zero-order valence-electron chi connectivity index (χ0n) is 16.9. The number of nitrogens with zero attached hydrogens (tertiary/aromatic N) is 4. The van der Waals surface area contributed by atoms with E-state index in [1.165, 1.54) is 12.1 Å². The van der Waals surface area contributed by atoms with E-state index >= 15 is 0 Å². The molecule has 32 heavy (non-hydrogen) atoms. The number of nitro groups is 1. The Bertz CT molecular complexity index is 1140. The Kier molecular flexibility index (Phi) is 6.06. The summed E-state index contributed by atoms with van der Waals surface area (Å²) in [6.45, 7) is 0.836. The second kappa shape index (κ2) is 9.25. The Morgan fingerprint density at radius 1 is 1.12 bits per heavy atom. The summed E-state index contributed by atoms with van der Waals surface area (Å²) in [5.41, 5.74) is 0.958. The average Bonchev–Trinajstić information content (AvgIpc) is 3.50. The van der Waals surface area contributed by atoms with Gasteiger partial charge in [-0.15, -0.1) is 5.10 Å². The Morgan fingerprint density at radius 3 is 2.59 bits per heavy atom. The molecule has 0 saturated carbocycles. The molecule has 164 valence electrons. The summed E-state index contributed by atoms with van der Waals surface area (Å²) in [4.78, 5) is 37.2. The van der Waals surface area contributed by atoms with Crippen LogP contribution in [0.15, 0.2) is 52.9 Å². The van der Waals surface area contributed by atoms with Crippen molar-refractivity contribution in [1.82, 2.24) is 10.2 Å². The third-order valence-corrected chi connectivity index (χ3v) is 4.88. The van der Waals surface area contributed by atoms with E-state index < -0.39 is 23.4 Å². The van der Waals surface area contributed by atoms with Crippen LogP contribution in [0, 0.1) is 10.1 Å². The quantitative estimate of drug-likeness (QED) is 0.335. The van der Waals surface area contributed by atoms with Crippen LogP contribution in [0.4, 0.5) is 17.4 Å². The van der Waals surface area contributed by atoms with Gasteiger partial charge in [0.2, 0.25) is 5.89 Å². The summed E-state index contributed by atoms with van der Waals surface area (Å²) in [5, 5.41) is 21.4. The molecule has 4 rings (SSSR count). The molecule has 1 saturated heterocycles. The zero-order valence-corrected chi connectivity index (χ0v) is 16.9. The van der Waals surface area contributed by atoms with E-state index in [0.717, 1.165) is 32.0 Å². The number of hydrogen-bond acceptors (Lipinski definition) is 9. The molecule has 0 aliphatic carbocycles. The molecule has 1 aliphatic rings. The van der Waals surface area contributed by atoms with Gasteiger partial charge in [0.25, 0.3) is 11.6 Å². The molecule has 2 heterocycles. The van der Waals surface area contributed by atoms with Gasteiger partial charge in [-0.25, -0.2) is 4.79 Å². The van der Waals surface area contributed by atoms with Gasteiger partial charge in [0, 0.05) is 24.7 Å². The number of carbonyl (C=O) groups is 2. The molecule has 11 nitrogen and oxygen atoms in total. The first-order valence-corrected chi connectivity index (χ1v) is 9.90. The average molecular weight is 437 g/mol. The second-order valence-corrected chi connectivity index (χ2v) is 7.06. The van der Waals surface area contributed by atoms with Gasteiger partial charge in [0.1, 0.15) is 5.69 Å². The second-order valence-electron chi connectivity index (χ2n) is 7.06. The molecule has 1 fully saturated rings. The highest BCUT2D eigenvalue weighted by molar-refractivity contribution is 5.95. The number of aromatic nitrogens is 2. The molecule has 1 N–H and O–H groups in total. The molecule has 2 aromatic carbocycles. The Hall–Kier alpha value is -4.28. The first kappa shape index (κ1) is 21.0. The Balaban J connectivity index is 1.36. The maximum Gasteiger partial charge on any atom is 0.338 e. The third kappa shape index (κ3) is 4.72. The minimum Gasteiger partial charge on any atom is -0.452 e. The summed E-state index contributed by atoms with van der Waals surface area (Å²) in [5.74, 6) is -1.32. The smallest absolute Gasteiger partial charge is 0.338 e. The number of nitro benzene ring substituents is 1. The van der Waals surface area contributed by atoms with Crippen molar-refractivity contribution < 1.29 is 23.7 Å². The van der Waals surface area contributed by atoms with Crippen molar-refractivity contribution in [2.75, 3.05) is 29.9 Å². The van der Waals surface area contributed by atoms with Gasteiger partial charge in [0.05, 0.1) is 10.5 Å². The molecule has 11 heteroatoms. The fraction of sp³-hybridized carbons (Fsp3) is 0.238. The molecule has 0 radical (unpaired) electrons. The van der Waals surface area contributed by atoms with E-state index in [4.69, 9.17) is 9.15 Å². The molecule has 3 aromatic rings. The zero-order chi connectivity index (χ0) is 22.5. The van der Waals surface area contributed by atoms with Crippen LogP contribution in [0.3, 0.4) is 0 Å². The van der Waals surface area contributed by atoms with E-state index in [1.807, 2.05) is 11.0 Å². The monoisotopic (exact) mass is 437 g/mol. The lowest BCUT2D eigenvalue weighted by Gasteiger charge is -2.17. The SMILES string of the molecule is O=C(COC(=O)c1ccc(N2CCCC2)c([N+](=O)[O-])c1)Nc1nnc(-c2ccccc2)o1.